The average molecular weight is 530 g/mol. The van der Waals surface area contributed by atoms with E-state index in [0.717, 1.165) is 36.4 Å². The van der Waals surface area contributed by atoms with Gasteiger partial charge in [0, 0.05) is 18.2 Å². The van der Waals surface area contributed by atoms with Crippen LogP contribution in [-0.2, 0) is 23.9 Å². The molecule has 0 fully saturated rings. The number of hydrogen-bond donors (Lipinski definition) is 4. The molecule has 0 spiro atoms. The number of unbranched alkanes of at least 4 members (excludes halogenated alkanes) is 1. The first kappa shape index (κ1) is 30.2. The molecule has 198 valence electrons. The normalized spacial score (nSPS) is 12.2. The van der Waals surface area contributed by atoms with Crippen LogP contribution in [0, 0.1) is 20.2 Å². The van der Waals surface area contributed by atoms with Crippen molar-refractivity contribution in [2.45, 2.75) is 49.6 Å². The van der Waals surface area contributed by atoms with Crippen molar-refractivity contribution in [2.75, 3.05) is 18.9 Å². The molecule has 2 amide bonds. The summed E-state index contributed by atoms with van der Waals surface area (Å²) in [6.07, 6.45) is 0.908. The van der Waals surface area contributed by atoms with Gasteiger partial charge < -0.3 is 26.2 Å². The smallest absolute Gasteiger partial charge is 0.325 e. The third-order valence-corrected chi connectivity index (χ3v) is 5.73. The predicted octanol–water partition coefficient (Wildman–Crippen LogP) is 0.732. The third-order valence-electron chi connectivity index (χ3n) is 4.57. The number of amides is 2. The lowest BCUT2D eigenvalue weighted by molar-refractivity contribution is -0.396. The minimum atomic E-state index is -1.31. The molecular weight excluding hydrogens is 502 g/mol. The van der Waals surface area contributed by atoms with Crippen molar-refractivity contribution in [3.05, 3.63) is 38.4 Å². The first-order valence-electron chi connectivity index (χ1n) is 10.7. The Kier molecular flexibility index (Phi) is 12.8. The van der Waals surface area contributed by atoms with Crippen LogP contribution in [0.2, 0.25) is 0 Å². The van der Waals surface area contributed by atoms with Crippen LogP contribution in [0.4, 0.5) is 11.4 Å². The van der Waals surface area contributed by atoms with Crippen LogP contribution in [0.1, 0.15) is 32.6 Å². The molecule has 0 bridgehead atoms. The Morgan fingerprint density at radius 3 is 2.47 bits per heavy atom. The number of hydrogen-bond acceptors (Lipinski definition) is 11. The Morgan fingerprint density at radius 1 is 1.19 bits per heavy atom. The van der Waals surface area contributed by atoms with E-state index < -0.39 is 63.6 Å². The maximum Gasteiger partial charge on any atom is 0.325 e. The molecule has 36 heavy (non-hydrogen) atoms. The van der Waals surface area contributed by atoms with Crippen molar-refractivity contribution in [3.63, 3.8) is 0 Å². The van der Waals surface area contributed by atoms with Gasteiger partial charge in [-0.25, -0.2) is 0 Å². The molecule has 1 aromatic carbocycles. The second kappa shape index (κ2) is 15.3. The summed E-state index contributed by atoms with van der Waals surface area (Å²) in [5, 5.41) is 35.8. The molecule has 2 atom stereocenters. The number of nitrogens with zero attached hydrogens (tertiary/aromatic N) is 2. The molecule has 0 aromatic heterocycles. The average Bonchev–Trinajstić information content (AvgIpc) is 2.83. The van der Waals surface area contributed by atoms with Crippen LogP contribution in [0.25, 0.3) is 0 Å². The van der Waals surface area contributed by atoms with Crippen LogP contribution in [-0.4, -0.2) is 69.7 Å². The lowest BCUT2D eigenvalue weighted by Gasteiger charge is -2.18. The number of nitrogens with one attached hydrogen (secondary N) is 2. The van der Waals surface area contributed by atoms with Gasteiger partial charge in [0.25, 0.3) is 11.4 Å². The number of esters is 1. The summed E-state index contributed by atoms with van der Waals surface area (Å²) >= 11 is 0.780. The number of carboxylic acid groups (broad SMARTS) is 1. The number of carboxylic acids is 1. The molecule has 0 heterocycles. The number of nitrogens with two attached hydrogens (primary N) is 1. The van der Waals surface area contributed by atoms with Crippen molar-refractivity contribution in [3.8, 4) is 0 Å². The second-order valence-corrected chi connectivity index (χ2v) is 8.43. The number of ether oxygens (including phenoxy) is 1. The van der Waals surface area contributed by atoms with Gasteiger partial charge in [-0.2, -0.15) is 0 Å². The van der Waals surface area contributed by atoms with E-state index in [4.69, 9.17) is 15.6 Å². The number of carbonyl (C=O) groups excluding carboxylic acids is 3. The summed E-state index contributed by atoms with van der Waals surface area (Å²) in [4.78, 5) is 68.2. The molecule has 0 aliphatic heterocycles. The van der Waals surface area contributed by atoms with E-state index in [-0.39, 0.29) is 30.1 Å². The molecule has 0 saturated heterocycles. The van der Waals surface area contributed by atoms with E-state index >= 15 is 0 Å². The summed E-state index contributed by atoms with van der Waals surface area (Å²) in [6.45, 7) is 1.59. The van der Waals surface area contributed by atoms with E-state index in [0.29, 0.717) is 6.42 Å². The SMILES string of the molecule is CCCCOC(=O)CNC(=O)[C@H](CSc1ccc([N+](=O)[O-])cc1[N+](=O)[O-])NC(=O)CC[C@H](N)C(=O)O. The highest BCUT2D eigenvalue weighted by atomic mass is 32.2. The first-order chi connectivity index (χ1) is 17.0. The van der Waals surface area contributed by atoms with E-state index in [1.165, 1.54) is 0 Å². The number of carbonyl (C=O) groups is 4. The molecule has 0 aliphatic rings. The summed E-state index contributed by atoms with van der Waals surface area (Å²) in [5.41, 5.74) is 4.31. The summed E-state index contributed by atoms with van der Waals surface area (Å²) in [5.74, 6) is -3.76. The van der Waals surface area contributed by atoms with Crippen molar-refractivity contribution in [1.82, 2.24) is 10.6 Å². The van der Waals surface area contributed by atoms with Crippen LogP contribution in [0.5, 0.6) is 0 Å². The van der Waals surface area contributed by atoms with Crippen molar-refractivity contribution >= 4 is 46.9 Å². The van der Waals surface area contributed by atoms with Gasteiger partial charge in [-0.15, -0.1) is 11.8 Å². The van der Waals surface area contributed by atoms with Gasteiger partial charge in [0.2, 0.25) is 11.8 Å². The summed E-state index contributed by atoms with van der Waals surface area (Å²) < 4.78 is 4.94. The Labute approximate surface area is 209 Å². The Morgan fingerprint density at radius 2 is 1.89 bits per heavy atom. The maximum atomic E-state index is 12.7. The molecule has 15 nitrogen and oxygen atoms in total. The molecule has 16 heteroatoms. The first-order valence-corrected chi connectivity index (χ1v) is 11.7. The molecule has 1 rings (SSSR count). The van der Waals surface area contributed by atoms with Crippen LogP contribution in [0.3, 0.4) is 0 Å². The number of nitro groups is 2. The molecule has 1 aromatic rings. The quantitative estimate of drug-likeness (QED) is 0.0762. The summed E-state index contributed by atoms with van der Waals surface area (Å²) in [6, 6.07) is 0.396. The van der Waals surface area contributed by atoms with Gasteiger partial charge in [0.05, 0.1) is 27.4 Å². The Bertz CT molecular complexity index is 990. The van der Waals surface area contributed by atoms with E-state index in [9.17, 15) is 39.4 Å². The minimum absolute atomic E-state index is 0.00419. The number of aliphatic carboxylic acids is 1. The van der Waals surface area contributed by atoms with Crippen LogP contribution >= 0.6 is 11.8 Å². The van der Waals surface area contributed by atoms with Crippen molar-refractivity contribution in [2.24, 2.45) is 5.73 Å². The van der Waals surface area contributed by atoms with Gasteiger partial charge in [0.15, 0.2) is 0 Å². The Balaban J connectivity index is 2.94. The zero-order valence-electron chi connectivity index (χ0n) is 19.3. The highest BCUT2D eigenvalue weighted by molar-refractivity contribution is 7.99. The lowest BCUT2D eigenvalue weighted by Crippen LogP contribution is -2.49. The van der Waals surface area contributed by atoms with Crippen LogP contribution < -0.4 is 16.4 Å². The largest absolute Gasteiger partial charge is 0.480 e. The molecule has 0 saturated carbocycles. The summed E-state index contributed by atoms with van der Waals surface area (Å²) in [7, 11) is 0. The maximum absolute atomic E-state index is 12.7. The topological polar surface area (TPSA) is 234 Å². The fourth-order valence-electron chi connectivity index (χ4n) is 2.58. The molecule has 5 N–H and O–H groups in total. The molecule has 0 unspecified atom stereocenters. The number of rotatable bonds is 16. The minimum Gasteiger partial charge on any atom is -0.480 e. The highest BCUT2D eigenvalue weighted by Gasteiger charge is 2.26. The van der Waals surface area contributed by atoms with Crippen LogP contribution in [0.15, 0.2) is 23.1 Å². The van der Waals surface area contributed by atoms with E-state index in [2.05, 4.69) is 10.6 Å². The second-order valence-electron chi connectivity index (χ2n) is 7.37. The zero-order chi connectivity index (χ0) is 27.3. The van der Waals surface area contributed by atoms with Gasteiger partial charge in [-0.1, -0.05) is 13.3 Å². The number of thioether (sulfide) groups is 1. The zero-order valence-corrected chi connectivity index (χ0v) is 20.2. The molecular formula is C20H27N5O10S. The number of benzene rings is 1. The van der Waals surface area contributed by atoms with E-state index in [1.807, 2.05) is 6.92 Å². The van der Waals surface area contributed by atoms with Gasteiger partial charge in [0.1, 0.15) is 18.6 Å². The van der Waals surface area contributed by atoms with Gasteiger partial charge in [-0.05, 0) is 18.9 Å². The van der Waals surface area contributed by atoms with Crippen molar-refractivity contribution < 1.29 is 38.9 Å². The lowest BCUT2D eigenvalue weighted by atomic mass is 10.1. The predicted molar refractivity (Wildman–Crippen MR) is 126 cm³/mol. The van der Waals surface area contributed by atoms with Gasteiger partial charge >= 0.3 is 11.9 Å². The number of nitro benzene ring substituents is 2. The Hall–Kier alpha value is -3.79. The molecule has 0 aliphatic carbocycles. The van der Waals surface area contributed by atoms with Gasteiger partial charge in [-0.3, -0.25) is 39.4 Å². The number of non-ortho nitro benzene ring substituents is 1. The third kappa shape index (κ3) is 10.6. The molecule has 0 radical (unpaired) electrons. The monoisotopic (exact) mass is 529 g/mol. The standard InChI is InChI=1S/C20H27N5O10S/c1-2-3-8-35-18(27)10-22-19(28)14(23-17(26)7-5-13(21)20(29)30)11-36-16-6-4-12(24(31)32)9-15(16)25(33)34/h4,6,9,13-14H,2-3,5,7-8,10-11,21H2,1H3,(H,22,28)(H,23,26)(H,29,30)/t13-,14-/m0/s1. The highest BCUT2D eigenvalue weighted by Crippen LogP contribution is 2.32. The fourth-order valence-corrected chi connectivity index (χ4v) is 3.61. The van der Waals surface area contributed by atoms with Crippen molar-refractivity contribution in [1.29, 1.82) is 0 Å². The fraction of sp³-hybridized carbons (Fsp3) is 0.500. The van der Waals surface area contributed by atoms with E-state index in [1.54, 1.807) is 0 Å².